The molecule has 56 heavy (non-hydrogen) atoms. The van der Waals surface area contributed by atoms with E-state index in [1.165, 1.54) is 55.7 Å². The Morgan fingerprint density at radius 3 is 2.02 bits per heavy atom. The molecule has 270 valence electrons. The number of aromatic nitrogens is 2. The van der Waals surface area contributed by atoms with E-state index in [9.17, 15) is 0 Å². The molecule has 2 aromatic heterocycles. The fraction of sp³-hybridized carbons (Fsp3) is 0.132. The molecule has 0 bridgehead atoms. The minimum Gasteiger partial charge on any atom is -0.452 e. The fourth-order valence-electron chi connectivity index (χ4n) is 9.08. The Labute approximate surface area is 328 Å². The molecule has 0 amide bonds. The molecule has 8 aromatic rings. The van der Waals surface area contributed by atoms with Crippen molar-refractivity contribution in [2.45, 2.75) is 45.4 Å². The lowest BCUT2D eigenvalue weighted by Crippen LogP contribution is -2.15. The van der Waals surface area contributed by atoms with E-state index in [2.05, 4.69) is 163 Å². The molecule has 2 heterocycles. The monoisotopic (exact) mass is 722 g/mol. The molecule has 0 radical (unpaired) electrons. The zero-order valence-corrected chi connectivity index (χ0v) is 32.4. The van der Waals surface area contributed by atoms with Gasteiger partial charge in [0.1, 0.15) is 16.8 Å². The lowest BCUT2D eigenvalue weighted by atomic mass is 9.81. The van der Waals surface area contributed by atoms with E-state index in [0.717, 1.165) is 44.4 Å². The quantitative estimate of drug-likeness (QED) is 0.160. The standard InChI is InChI=1S/C53H42N2O/c1-7-8-19-39-32(2)52(3,4)45-26-23-38(30-42(39)45)51-54-48(33-15-10-9-11-16-33)50-49(55-51)43-29-36(24-27-47(43)56-50)34-17-14-18-35(28-34)37-22-25-41-40-20-12-13-21-44(40)53(5,6)46(41)31-37/h7-31H,1H2,2-6H3/b19-8-. The number of nitrogens with zero attached hydrogens (tertiary/aromatic N) is 2. The third-order valence-corrected chi connectivity index (χ3v) is 12.5. The summed E-state index contributed by atoms with van der Waals surface area (Å²) in [5.74, 6) is 0.672. The highest BCUT2D eigenvalue weighted by Crippen LogP contribution is 2.50. The van der Waals surface area contributed by atoms with Gasteiger partial charge in [-0.25, -0.2) is 9.97 Å². The Balaban J connectivity index is 1.10. The van der Waals surface area contributed by atoms with Crippen LogP contribution < -0.4 is 0 Å². The Hall–Kier alpha value is -6.58. The van der Waals surface area contributed by atoms with Gasteiger partial charge in [-0.05, 0) is 98.5 Å². The van der Waals surface area contributed by atoms with Crippen LogP contribution >= 0.6 is 0 Å². The summed E-state index contributed by atoms with van der Waals surface area (Å²) in [4.78, 5) is 10.5. The molecule has 0 saturated heterocycles. The van der Waals surface area contributed by atoms with E-state index in [1.54, 1.807) is 0 Å². The number of hydrogen-bond acceptors (Lipinski definition) is 3. The van der Waals surface area contributed by atoms with Crippen molar-refractivity contribution in [2.24, 2.45) is 0 Å². The maximum absolute atomic E-state index is 6.63. The summed E-state index contributed by atoms with van der Waals surface area (Å²) in [6, 6.07) is 48.0. The molecule has 0 fully saturated rings. The van der Waals surface area contributed by atoms with Gasteiger partial charge in [-0.2, -0.15) is 0 Å². The molecule has 0 N–H and O–H groups in total. The van der Waals surface area contributed by atoms with Crippen molar-refractivity contribution in [3.8, 4) is 56.0 Å². The van der Waals surface area contributed by atoms with E-state index >= 15 is 0 Å². The minimum absolute atomic E-state index is 0.0525. The maximum Gasteiger partial charge on any atom is 0.180 e. The van der Waals surface area contributed by atoms with Crippen molar-refractivity contribution >= 4 is 27.6 Å². The maximum atomic E-state index is 6.63. The second-order valence-corrected chi connectivity index (χ2v) is 16.3. The molecular weight excluding hydrogens is 681 g/mol. The summed E-state index contributed by atoms with van der Waals surface area (Å²) in [6.45, 7) is 15.4. The predicted octanol–water partition coefficient (Wildman–Crippen LogP) is 14.2. The first-order valence-corrected chi connectivity index (χ1v) is 19.4. The molecule has 0 saturated carbocycles. The smallest absolute Gasteiger partial charge is 0.180 e. The van der Waals surface area contributed by atoms with E-state index in [4.69, 9.17) is 14.4 Å². The lowest BCUT2D eigenvalue weighted by Gasteiger charge is -2.22. The second kappa shape index (κ2) is 12.5. The van der Waals surface area contributed by atoms with Crippen LogP contribution in [0.15, 0.2) is 168 Å². The van der Waals surface area contributed by atoms with Crippen LogP contribution in [0.25, 0.3) is 83.7 Å². The van der Waals surface area contributed by atoms with E-state index in [-0.39, 0.29) is 10.8 Å². The third-order valence-electron chi connectivity index (χ3n) is 12.5. The first kappa shape index (κ1) is 33.9. The molecule has 0 atom stereocenters. The van der Waals surface area contributed by atoms with Crippen LogP contribution in [0.3, 0.4) is 0 Å². The van der Waals surface area contributed by atoms with E-state index < -0.39 is 0 Å². The number of allylic oxidation sites excluding steroid dienone is 5. The molecule has 2 aliphatic carbocycles. The van der Waals surface area contributed by atoms with Crippen LogP contribution in [0.4, 0.5) is 0 Å². The van der Waals surface area contributed by atoms with Gasteiger partial charge >= 0.3 is 0 Å². The number of hydrogen-bond donors (Lipinski definition) is 0. The van der Waals surface area contributed by atoms with Crippen LogP contribution in [-0.4, -0.2) is 9.97 Å². The highest BCUT2D eigenvalue weighted by atomic mass is 16.3. The highest BCUT2D eigenvalue weighted by molar-refractivity contribution is 6.08. The highest BCUT2D eigenvalue weighted by Gasteiger charge is 2.36. The Bertz CT molecular complexity index is 2990. The lowest BCUT2D eigenvalue weighted by molar-refractivity contribution is 0.639. The first-order valence-electron chi connectivity index (χ1n) is 19.4. The summed E-state index contributed by atoms with van der Waals surface area (Å²) in [5, 5.41) is 0.966. The van der Waals surface area contributed by atoms with Crippen molar-refractivity contribution in [2.75, 3.05) is 0 Å². The summed E-state index contributed by atoms with van der Waals surface area (Å²) in [6.07, 6.45) is 6.02. The number of fused-ring (bicyclic) bond motifs is 7. The van der Waals surface area contributed by atoms with Gasteiger partial charge in [-0.3, -0.25) is 0 Å². The SMILES string of the molecule is C=C/C=C\C1=C(C)C(C)(C)c2ccc(-c3nc(-c4ccccc4)c4oc5ccc(-c6cccc(-c7ccc8c(c7)C(C)(C)c7ccccc7-8)c6)cc5c4n3)cc21. The van der Waals surface area contributed by atoms with E-state index in [0.29, 0.717) is 11.4 Å². The van der Waals surface area contributed by atoms with Gasteiger partial charge in [0.15, 0.2) is 11.4 Å². The molecule has 6 aromatic carbocycles. The van der Waals surface area contributed by atoms with Crippen molar-refractivity contribution in [3.63, 3.8) is 0 Å². The average Bonchev–Trinajstić information content (AvgIpc) is 3.78. The number of rotatable bonds is 6. The van der Waals surface area contributed by atoms with Crippen LogP contribution in [0.1, 0.15) is 56.9 Å². The summed E-state index contributed by atoms with van der Waals surface area (Å²) in [7, 11) is 0. The van der Waals surface area contributed by atoms with Gasteiger partial charge in [-0.15, -0.1) is 0 Å². The fourth-order valence-corrected chi connectivity index (χ4v) is 9.08. The zero-order chi connectivity index (χ0) is 38.3. The van der Waals surface area contributed by atoms with Gasteiger partial charge in [-0.1, -0.05) is 161 Å². The van der Waals surface area contributed by atoms with Crippen LogP contribution in [0.2, 0.25) is 0 Å². The normalized spacial score (nSPS) is 15.1. The molecule has 2 aliphatic rings. The van der Waals surface area contributed by atoms with E-state index in [1.807, 2.05) is 30.4 Å². The van der Waals surface area contributed by atoms with Crippen LogP contribution in [0.5, 0.6) is 0 Å². The average molecular weight is 723 g/mol. The Kier molecular flexibility index (Phi) is 7.56. The summed E-state index contributed by atoms with van der Waals surface area (Å²) < 4.78 is 6.63. The van der Waals surface area contributed by atoms with Gasteiger partial charge in [0.2, 0.25) is 0 Å². The van der Waals surface area contributed by atoms with Crippen molar-refractivity contribution in [1.29, 1.82) is 0 Å². The predicted molar refractivity (Wildman–Crippen MR) is 234 cm³/mol. The zero-order valence-electron chi connectivity index (χ0n) is 32.4. The second-order valence-electron chi connectivity index (χ2n) is 16.3. The Morgan fingerprint density at radius 1 is 0.554 bits per heavy atom. The summed E-state index contributed by atoms with van der Waals surface area (Å²) in [5.41, 5.74) is 20.1. The van der Waals surface area contributed by atoms with Gasteiger partial charge in [0.05, 0.1) is 0 Å². The topological polar surface area (TPSA) is 38.9 Å². The number of benzene rings is 6. The van der Waals surface area contributed by atoms with Crippen molar-refractivity contribution in [3.05, 3.63) is 186 Å². The Morgan fingerprint density at radius 2 is 1.21 bits per heavy atom. The molecule has 3 nitrogen and oxygen atoms in total. The number of furan rings is 1. The van der Waals surface area contributed by atoms with Crippen LogP contribution in [-0.2, 0) is 10.8 Å². The van der Waals surface area contributed by atoms with Crippen LogP contribution in [0, 0.1) is 0 Å². The molecule has 0 aliphatic heterocycles. The first-order chi connectivity index (χ1) is 27.1. The van der Waals surface area contributed by atoms with Gasteiger partial charge in [0.25, 0.3) is 0 Å². The largest absolute Gasteiger partial charge is 0.452 e. The third kappa shape index (κ3) is 5.11. The summed E-state index contributed by atoms with van der Waals surface area (Å²) >= 11 is 0. The molecule has 0 unspecified atom stereocenters. The molecule has 3 heteroatoms. The molecule has 10 rings (SSSR count). The van der Waals surface area contributed by atoms with Gasteiger partial charge < -0.3 is 4.42 Å². The molecule has 0 spiro atoms. The van der Waals surface area contributed by atoms with Crippen molar-refractivity contribution in [1.82, 2.24) is 9.97 Å². The molecular formula is C53H42N2O. The van der Waals surface area contributed by atoms with Crippen molar-refractivity contribution < 1.29 is 4.42 Å². The minimum atomic E-state index is -0.0772. The van der Waals surface area contributed by atoms with Gasteiger partial charge in [0, 0.05) is 27.3 Å².